The van der Waals surface area contributed by atoms with Crippen molar-refractivity contribution in [3.8, 4) is 0 Å². The van der Waals surface area contributed by atoms with E-state index in [1.54, 1.807) is 20.8 Å². The van der Waals surface area contributed by atoms with Crippen molar-refractivity contribution in [2.24, 2.45) is 0 Å². The van der Waals surface area contributed by atoms with Crippen LogP contribution in [0.5, 0.6) is 0 Å². The molecule has 0 aliphatic heterocycles. The van der Waals surface area contributed by atoms with E-state index in [9.17, 15) is 14.7 Å². The van der Waals surface area contributed by atoms with Crippen molar-refractivity contribution in [1.82, 2.24) is 5.32 Å². The van der Waals surface area contributed by atoms with Crippen molar-refractivity contribution in [1.29, 1.82) is 0 Å². The molecule has 2 rings (SSSR count). The quantitative estimate of drug-likeness (QED) is 0.897. The van der Waals surface area contributed by atoms with E-state index in [0.29, 0.717) is 6.42 Å². The van der Waals surface area contributed by atoms with Crippen molar-refractivity contribution in [3.63, 3.8) is 0 Å². The maximum absolute atomic E-state index is 12.0. The second kappa shape index (κ2) is 5.39. The van der Waals surface area contributed by atoms with Crippen LogP contribution in [0.1, 0.15) is 45.1 Å². The van der Waals surface area contributed by atoms with Gasteiger partial charge < -0.3 is 15.2 Å². The van der Waals surface area contributed by atoms with Crippen LogP contribution in [0.3, 0.4) is 0 Å². The van der Waals surface area contributed by atoms with Gasteiger partial charge >= 0.3 is 12.1 Å². The lowest BCUT2D eigenvalue weighted by molar-refractivity contribution is -0.150. The second-order valence-corrected chi connectivity index (χ2v) is 6.41. The molecule has 114 valence electrons. The molecule has 21 heavy (non-hydrogen) atoms. The summed E-state index contributed by atoms with van der Waals surface area (Å²) in [6, 6.07) is 9.39. The van der Waals surface area contributed by atoms with Gasteiger partial charge in [0, 0.05) is 5.92 Å². The SMILES string of the molecule is CC(C)(C)OC(=O)N[C@@]1(C(=O)O)CC[C@H]1c1ccccc1. The Labute approximate surface area is 124 Å². The van der Waals surface area contributed by atoms with E-state index in [2.05, 4.69) is 5.32 Å². The largest absolute Gasteiger partial charge is 0.479 e. The number of carboxylic acid groups (broad SMARTS) is 1. The lowest BCUT2D eigenvalue weighted by atomic mass is 9.63. The van der Waals surface area contributed by atoms with Crippen molar-refractivity contribution >= 4 is 12.1 Å². The molecule has 0 bridgehead atoms. The molecule has 0 radical (unpaired) electrons. The van der Waals surface area contributed by atoms with Crippen LogP contribution in [0.15, 0.2) is 30.3 Å². The molecule has 2 N–H and O–H groups in total. The highest BCUT2D eigenvalue weighted by Crippen LogP contribution is 2.46. The standard InChI is InChI=1S/C16H21NO4/c1-15(2,3)21-14(20)17-16(13(18)19)10-9-12(16)11-7-5-4-6-8-11/h4-8,12H,9-10H2,1-3H3,(H,17,20)(H,18,19)/t12-,16-/m0/s1. The van der Waals surface area contributed by atoms with Gasteiger partial charge in [-0.2, -0.15) is 0 Å². The summed E-state index contributed by atoms with van der Waals surface area (Å²) in [6.07, 6.45) is 0.443. The number of rotatable bonds is 3. The number of carbonyl (C=O) groups is 2. The predicted octanol–water partition coefficient (Wildman–Crippen LogP) is 2.91. The maximum Gasteiger partial charge on any atom is 0.408 e. The third-order valence-corrected chi connectivity index (χ3v) is 3.73. The second-order valence-electron chi connectivity index (χ2n) is 6.41. The van der Waals surface area contributed by atoms with Gasteiger partial charge in [0.25, 0.3) is 0 Å². The normalized spacial score (nSPS) is 24.8. The zero-order valence-corrected chi connectivity index (χ0v) is 12.6. The topological polar surface area (TPSA) is 75.6 Å². The van der Waals surface area contributed by atoms with Crippen molar-refractivity contribution < 1.29 is 19.4 Å². The van der Waals surface area contributed by atoms with Gasteiger partial charge in [-0.25, -0.2) is 9.59 Å². The average molecular weight is 291 g/mol. The van der Waals surface area contributed by atoms with E-state index >= 15 is 0 Å². The molecule has 1 amide bonds. The number of hydrogen-bond donors (Lipinski definition) is 2. The Hall–Kier alpha value is -2.04. The van der Waals surface area contributed by atoms with Gasteiger partial charge in [-0.15, -0.1) is 0 Å². The number of alkyl carbamates (subject to hydrolysis) is 1. The summed E-state index contributed by atoms with van der Waals surface area (Å²) in [5.41, 5.74) is -1.01. The highest BCUT2D eigenvalue weighted by Gasteiger charge is 2.55. The van der Waals surface area contributed by atoms with E-state index in [1.807, 2.05) is 30.3 Å². The molecular formula is C16H21NO4. The first-order valence-electron chi connectivity index (χ1n) is 7.04. The third-order valence-electron chi connectivity index (χ3n) is 3.73. The molecule has 0 saturated heterocycles. The van der Waals surface area contributed by atoms with Gasteiger partial charge in [0.05, 0.1) is 0 Å². The molecule has 0 unspecified atom stereocenters. The Balaban J connectivity index is 2.19. The highest BCUT2D eigenvalue weighted by molar-refractivity contribution is 5.87. The molecule has 0 aromatic heterocycles. The van der Waals surface area contributed by atoms with Crippen LogP contribution in [-0.4, -0.2) is 28.3 Å². The molecular weight excluding hydrogens is 270 g/mol. The van der Waals surface area contributed by atoms with Gasteiger partial charge in [-0.3, -0.25) is 0 Å². The van der Waals surface area contributed by atoms with Crippen LogP contribution in [0.2, 0.25) is 0 Å². The first kappa shape index (κ1) is 15.4. The molecule has 5 nitrogen and oxygen atoms in total. The molecule has 1 aliphatic rings. The van der Waals surface area contributed by atoms with Crippen LogP contribution in [0.25, 0.3) is 0 Å². The van der Waals surface area contributed by atoms with Gasteiger partial charge in [-0.05, 0) is 39.2 Å². The fourth-order valence-electron chi connectivity index (χ4n) is 2.66. The van der Waals surface area contributed by atoms with E-state index in [0.717, 1.165) is 12.0 Å². The molecule has 1 fully saturated rings. The van der Waals surface area contributed by atoms with E-state index in [4.69, 9.17) is 4.74 Å². The smallest absolute Gasteiger partial charge is 0.408 e. The molecule has 2 atom stereocenters. The number of aliphatic carboxylic acids is 1. The first-order valence-corrected chi connectivity index (χ1v) is 7.04. The minimum atomic E-state index is -1.27. The van der Waals surface area contributed by atoms with Crippen LogP contribution in [0, 0.1) is 0 Å². The number of carbonyl (C=O) groups excluding carboxylic acids is 1. The minimum absolute atomic E-state index is 0.233. The summed E-state index contributed by atoms with van der Waals surface area (Å²) in [5, 5.41) is 12.2. The molecule has 1 aliphatic carbocycles. The third kappa shape index (κ3) is 3.17. The van der Waals surface area contributed by atoms with Crippen molar-refractivity contribution in [2.75, 3.05) is 0 Å². The van der Waals surface area contributed by atoms with Gasteiger partial charge in [-0.1, -0.05) is 30.3 Å². The lowest BCUT2D eigenvalue weighted by Crippen LogP contribution is -2.64. The number of amides is 1. The summed E-state index contributed by atoms with van der Waals surface area (Å²) in [4.78, 5) is 23.7. The minimum Gasteiger partial charge on any atom is -0.479 e. The fraction of sp³-hybridized carbons (Fsp3) is 0.500. The molecule has 5 heteroatoms. The summed E-state index contributed by atoms with van der Waals surface area (Å²) in [6.45, 7) is 5.24. The van der Waals surface area contributed by atoms with Crippen molar-refractivity contribution in [3.05, 3.63) is 35.9 Å². The lowest BCUT2D eigenvalue weighted by Gasteiger charge is -2.46. The molecule has 0 heterocycles. The molecule has 1 aromatic rings. The van der Waals surface area contributed by atoms with Crippen LogP contribution >= 0.6 is 0 Å². The van der Waals surface area contributed by atoms with Gasteiger partial charge in [0.2, 0.25) is 0 Å². The average Bonchev–Trinajstić information content (AvgIpc) is 2.33. The predicted molar refractivity (Wildman–Crippen MR) is 78.2 cm³/mol. The van der Waals surface area contributed by atoms with Crippen LogP contribution in [0.4, 0.5) is 4.79 Å². The first-order chi connectivity index (χ1) is 9.74. The van der Waals surface area contributed by atoms with Gasteiger partial charge in [0.15, 0.2) is 0 Å². The van der Waals surface area contributed by atoms with E-state index in [1.165, 1.54) is 0 Å². The molecule has 0 spiro atoms. The summed E-state index contributed by atoms with van der Waals surface area (Å²) < 4.78 is 5.19. The highest BCUT2D eigenvalue weighted by atomic mass is 16.6. The zero-order valence-electron chi connectivity index (χ0n) is 12.6. The molecule has 1 aromatic carbocycles. The van der Waals surface area contributed by atoms with E-state index in [-0.39, 0.29) is 5.92 Å². The maximum atomic E-state index is 12.0. The monoisotopic (exact) mass is 291 g/mol. The Bertz CT molecular complexity index is 535. The van der Waals surface area contributed by atoms with Gasteiger partial charge in [0.1, 0.15) is 11.1 Å². The van der Waals surface area contributed by atoms with Crippen molar-refractivity contribution in [2.45, 2.75) is 50.7 Å². The Morgan fingerprint density at radius 2 is 1.90 bits per heavy atom. The van der Waals surface area contributed by atoms with Crippen LogP contribution < -0.4 is 5.32 Å². The number of nitrogens with one attached hydrogen (secondary N) is 1. The summed E-state index contributed by atoms with van der Waals surface area (Å²) in [7, 11) is 0. The van der Waals surface area contributed by atoms with Crippen LogP contribution in [-0.2, 0) is 9.53 Å². The number of ether oxygens (including phenoxy) is 1. The Kier molecular flexibility index (Phi) is 3.94. The Morgan fingerprint density at radius 3 is 2.33 bits per heavy atom. The van der Waals surface area contributed by atoms with E-state index < -0.39 is 23.2 Å². The number of benzene rings is 1. The summed E-state index contributed by atoms with van der Waals surface area (Å²) >= 11 is 0. The molecule has 1 saturated carbocycles. The number of carboxylic acids is 1. The zero-order chi connectivity index (χ0) is 15.7. The summed E-state index contributed by atoms with van der Waals surface area (Å²) in [5.74, 6) is -1.25. The number of hydrogen-bond acceptors (Lipinski definition) is 3. The Morgan fingerprint density at radius 1 is 1.29 bits per heavy atom. The fourth-order valence-corrected chi connectivity index (χ4v) is 2.66.